The van der Waals surface area contributed by atoms with Crippen molar-refractivity contribution in [3.8, 4) is 11.4 Å². The van der Waals surface area contributed by atoms with Gasteiger partial charge in [-0.15, -0.1) is 0 Å². The molecule has 0 fully saturated rings. The first-order valence-electron chi connectivity index (χ1n) is 10.7. The molecule has 0 amide bonds. The van der Waals surface area contributed by atoms with E-state index in [0.29, 0.717) is 25.9 Å². The van der Waals surface area contributed by atoms with Crippen molar-refractivity contribution in [2.45, 2.75) is 39.2 Å². The highest BCUT2D eigenvalue weighted by molar-refractivity contribution is 7.80. The number of aryl methyl sites for hydroxylation is 2. The molecule has 3 N–H and O–H groups in total. The van der Waals surface area contributed by atoms with Gasteiger partial charge in [0.15, 0.2) is 5.11 Å². The number of hydrogen-bond donors (Lipinski definition) is 2. The summed E-state index contributed by atoms with van der Waals surface area (Å²) >= 11 is 5.17. The third-order valence-corrected chi connectivity index (χ3v) is 5.61. The summed E-state index contributed by atoms with van der Waals surface area (Å²) in [5, 5.41) is 17.2. The molecule has 172 valence electrons. The average molecular weight is 464 g/mol. The third kappa shape index (κ3) is 6.12. The van der Waals surface area contributed by atoms with Crippen molar-refractivity contribution < 1.29 is 5.11 Å². The monoisotopic (exact) mass is 463 g/mol. The van der Waals surface area contributed by atoms with Gasteiger partial charge in [-0.1, -0.05) is 0 Å². The second kappa shape index (κ2) is 10.1. The summed E-state index contributed by atoms with van der Waals surface area (Å²) in [6.07, 6.45) is 6.37. The van der Waals surface area contributed by atoms with Gasteiger partial charge in [-0.25, -0.2) is 21.5 Å². The van der Waals surface area contributed by atoms with E-state index in [0.717, 1.165) is 39.0 Å². The van der Waals surface area contributed by atoms with E-state index < -0.39 is 5.60 Å². The highest BCUT2D eigenvalue weighted by atomic mass is 32.1. The van der Waals surface area contributed by atoms with E-state index in [1.54, 1.807) is 32.6 Å². The second-order valence-electron chi connectivity index (χ2n) is 8.68. The Kier molecular flexibility index (Phi) is 7.41. The van der Waals surface area contributed by atoms with E-state index in [1.165, 1.54) is 5.01 Å². The largest absolute Gasteiger partial charge is 0.390 e. The number of pyridine rings is 1. The van der Waals surface area contributed by atoms with Crippen LogP contribution in [0, 0.1) is 13.5 Å². The van der Waals surface area contributed by atoms with Gasteiger partial charge >= 0.3 is 0 Å². The molecule has 0 aliphatic carbocycles. The Hall–Kier alpha value is -3.35. The Bertz CT molecular complexity index is 1230. The van der Waals surface area contributed by atoms with E-state index in [4.69, 9.17) is 29.5 Å². The van der Waals surface area contributed by atoms with E-state index in [-0.39, 0.29) is 5.11 Å². The number of hydrogen-bond acceptors (Lipinski definition) is 5. The predicted molar refractivity (Wildman–Crippen MR) is 136 cm³/mol. The van der Waals surface area contributed by atoms with Gasteiger partial charge in [0.1, 0.15) is 0 Å². The Labute approximate surface area is 199 Å². The van der Waals surface area contributed by atoms with Crippen LogP contribution < -0.4 is 5.73 Å². The number of aromatic nitrogens is 3. The molecule has 0 unspecified atom stereocenters. The number of aliphatic hydroxyl groups is 1. The van der Waals surface area contributed by atoms with E-state index >= 15 is 0 Å². The minimum Gasteiger partial charge on any atom is -0.390 e. The summed E-state index contributed by atoms with van der Waals surface area (Å²) < 4.78 is 1.91. The summed E-state index contributed by atoms with van der Waals surface area (Å²) in [4.78, 5) is 12.6. The molecule has 0 radical (unpaired) electrons. The van der Waals surface area contributed by atoms with E-state index in [2.05, 4.69) is 21.0 Å². The van der Waals surface area contributed by atoms with Crippen molar-refractivity contribution in [2.24, 2.45) is 17.9 Å². The lowest BCUT2D eigenvalue weighted by Gasteiger charge is -2.22. The fourth-order valence-electron chi connectivity index (χ4n) is 3.47. The van der Waals surface area contributed by atoms with E-state index in [9.17, 15) is 5.11 Å². The normalized spacial score (nSPS) is 11.8. The molecule has 0 saturated carbocycles. The summed E-state index contributed by atoms with van der Waals surface area (Å²) in [7, 11) is 1.92. The number of hydrazone groups is 1. The molecule has 0 bridgehead atoms. The number of fused-ring (bicyclic) bond motifs is 1. The maximum atomic E-state index is 10.1. The maximum Gasteiger partial charge on any atom is 0.218 e. The van der Waals surface area contributed by atoms with Gasteiger partial charge in [0, 0.05) is 31.0 Å². The van der Waals surface area contributed by atoms with Crippen LogP contribution >= 0.6 is 12.2 Å². The Morgan fingerprint density at radius 2 is 2.15 bits per heavy atom. The van der Waals surface area contributed by atoms with Gasteiger partial charge in [-0.2, -0.15) is 5.10 Å². The summed E-state index contributed by atoms with van der Waals surface area (Å²) in [5.41, 5.74) is 10.6. The fraction of sp³-hybridized carbons (Fsp3) is 0.375. The van der Waals surface area contributed by atoms with Gasteiger partial charge in [-0.3, -0.25) is 0 Å². The zero-order valence-electron chi connectivity index (χ0n) is 19.4. The molecule has 0 saturated heterocycles. The lowest BCUT2D eigenvalue weighted by atomic mass is 9.99. The molecule has 2 aromatic heterocycles. The van der Waals surface area contributed by atoms with Gasteiger partial charge in [0.05, 0.1) is 41.2 Å². The maximum absolute atomic E-state index is 10.1. The molecule has 8 nitrogen and oxygen atoms in total. The van der Waals surface area contributed by atoms with Gasteiger partial charge in [0.25, 0.3) is 0 Å². The highest BCUT2D eigenvalue weighted by Gasteiger charge is 2.16. The third-order valence-electron chi connectivity index (χ3n) is 5.40. The molecular formula is C24H29N7OS. The Balaban J connectivity index is 2.11. The lowest BCUT2D eigenvalue weighted by Crippen LogP contribution is -2.35. The molecule has 1 aromatic carbocycles. The lowest BCUT2D eigenvalue weighted by molar-refractivity contribution is 0.0649. The first-order chi connectivity index (χ1) is 15.6. The number of nitrogens with zero attached hydrogens (tertiary/aromatic N) is 6. The fourth-order valence-corrected chi connectivity index (χ4v) is 3.61. The van der Waals surface area contributed by atoms with Crippen LogP contribution in [0.25, 0.3) is 27.1 Å². The number of nitrogens with two attached hydrogens (primary N) is 1. The van der Waals surface area contributed by atoms with E-state index in [1.807, 2.05) is 30.7 Å². The topological polar surface area (TPSA) is 96.9 Å². The zero-order chi connectivity index (χ0) is 24.2. The van der Waals surface area contributed by atoms with Crippen LogP contribution in [-0.4, -0.2) is 54.7 Å². The van der Waals surface area contributed by atoms with Crippen molar-refractivity contribution in [3.63, 3.8) is 0 Å². The van der Waals surface area contributed by atoms with Crippen LogP contribution in [0.3, 0.4) is 0 Å². The first kappa shape index (κ1) is 24.3. The summed E-state index contributed by atoms with van der Waals surface area (Å²) in [5.74, 6) is 0. The minimum atomic E-state index is -0.857. The molecule has 33 heavy (non-hydrogen) atoms. The first-order valence-corrected chi connectivity index (χ1v) is 11.1. The second-order valence-corrected chi connectivity index (χ2v) is 9.10. The SMILES string of the molecule is [C-]#[N+]CCc1cc2c(/C=N/N(CCC(C)(C)O)C(N)=S)cc(-c3cncn3C)nc2cc1C. The smallest absolute Gasteiger partial charge is 0.218 e. The van der Waals surface area contributed by atoms with Gasteiger partial charge < -0.3 is 20.3 Å². The molecule has 0 spiro atoms. The molecule has 3 aromatic rings. The summed E-state index contributed by atoms with van der Waals surface area (Å²) in [6.45, 7) is 13.5. The quantitative estimate of drug-likeness (QED) is 0.230. The highest BCUT2D eigenvalue weighted by Crippen LogP contribution is 2.27. The average Bonchev–Trinajstić information content (AvgIpc) is 3.16. The van der Waals surface area contributed by atoms with Crippen molar-refractivity contribution in [3.05, 3.63) is 58.8 Å². The van der Waals surface area contributed by atoms with Crippen LogP contribution in [0.15, 0.2) is 35.8 Å². The van der Waals surface area contributed by atoms with Crippen LogP contribution in [0.5, 0.6) is 0 Å². The molecule has 0 atom stereocenters. The van der Waals surface area contributed by atoms with Crippen molar-refractivity contribution in [1.29, 1.82) is 0 Å². The Morgan fingerprint density at radius 3 is 2.76 bits per heavy atom. The van der Waals surface area contributed by atoms with Crippen molar-refractivity contribution in [2.75, 3.05) is 13.1 Å². The molecule has 0 aliphatic heterocycles. The Morgan fingerprint density at radius 1 is 1.39 bits per heavy atom. The van der Waals surface area contributed by atoms with Gasteiger partial charge in [0.2, 0.25) is 6.54 Å². The zero-order valence-corrected chi connectivity index (χ0v) is 20.2. The van der Waals surface area contributed by atoms with Crippen molar-refractivity contribution >= 4 is 34.4 Å². The molecular weight excluding hydrogens is 434 g/mol. The van der Waals surface area contributed by atoms with Crippen LogP contribution in [-0.2, 0) is 13.5 Å². The molecule has 2 heterocycles. The summed E-state index contributed by atoms with van der Waals surface area (Å²) in [6, 6.07) is 6.09. The standard InChI is InChI=1S/C24H29N7OS/c1-16-10-20-19(11-17(16)6-8-26-4)18(12-21(29-20)22-14-27-15-30(22)5)13-28-31(23(25)33)9-7-24(2,3)32/h10-15,32H,6-9H2,1-3,5H3,(H2,25,33)/b28-13+. The number of thiocarbonyl (C=S) groups is 1. The number of imidazole rings is 1. The van der Waals surface area contributed by atoms with Crippen molar-refractivity contribution in [1.82, 2.24) is 19.5 Å². The molecule has 9 heteroatoms. The molecule has 0 aliphatic rings. The predicted octanol–water partition coefficient (Wildman–Crippen LogP) is 3.45. The number of rotatable bonds is 8. The van der Waals surface area contributed by atoms with Crippen LogP contribution in [0.1, 0.15) is 37.0 Å². The van der Waals surface area contributed by atoms with Crippen LogP contribution in [0.2, 0.25) is 0 Å². The number of benzene rings is 1. The molecule has 3 rings (SSSR count). The van der Waals surface area contributed by atoms with Gasteiger partial charge in [-0.05, 0) is 68.7 Å². The van der Waals surface area contributed by atoms with Crippen LogP contribution in [0.4, 0.5) is 0 Å². The minimum absolute atomic E-state index is 0.134.